The van der Waals surface area contributed by atoms with E-state index in [2.05, 4.69) is 29.2 Å². The Kier molecular flexibility index (Phi) is 5.44. The fourth-order valence-corrected chi connectivity index (χ4v) is 3.37. The molecule has 0 aromatic heterocycles. The number of para-hydroxylation sites is 1. The second-order valence-corrected chi connectivity index (χ2v) is 6.58. The molecule has 2 aromatic carbocycles. The van der Waals surface area contributed by atoms with Crippen LogP contribution in [0.4, 0.5) is 0 Å². The number of halogens is 2. The van der Waals surface area contributed by atoms with E-state index in [1.807, 2.05) is 0 Å². The van der Waals surface area contributed by atoms with E-state index >= 15 is 0 Å². The Morgan fingerprint density at radius 1 is 1.04 bits per heavy atom. The van der Waals surface area contributed by atoms with Crippen LogP contribution in [0.3, 0.4) is 0 Å². The third-order valence-electron chi connectivity index (χ3n) is 4.02. The molecule has 3 rings (SSSR count). The Morgan fingerprint density at radius 2 is 1.74 bits per heavy atom. The molecule has 0 aliphatic carbocycles. The fourth-order valence-electron chi connectivity index (χ4n) is 2.86. The average Bonchev–Trinajstić information content (AvgIpc) is 2.54. The van der Waals surface area contributed by atoms with Gasteiger partial charge in [-0.3, -0.25) is 4.90 Å². The summed E-state index contributed by atoms with van der Waals surface area (Å²) >= 11 is 12.1. The molecule has 122 valence electrons. The van der Waals surface area contributed by atoms with Crippen molar-refractivity contribution in [2.75, 3.05) is 19.7 Å². The number of ether oxygens (including phenoxy) is 1. The monoisotopic (exact) mass is 351 g/mol. The second-order valence-electron chi connectivity index (χ2n) is 5.77. The maximum absolute atomic E-state index is 10.2. The zero-order valence-electron chi connectivity index (χ0n) is 12.7. The highest BCUT2D eigenvalue weighted by atomic mass is 35.5. The minimum absolute atomic E-state index is 0.168. The largest absolute Gasteiger partial charge is 0.488 e. The van der Waals surface area contributed by atoms with Crippen molar-refractivity contribution in [1.82, 2.24) is 4.90 Å². The van der Waals surface area contributed by atoms with Crippen LogP contribution in [0.15, 0.2) is 42.5 Å². The van der Waals surface area contributed by atoms with E-state index < -0.39 is 6.10 Å². The smallest absolute Gasteiger partial charge is 0.156 e. The Labute approximate surface area is 146 Å². The minimum atomic E-state index is -0.590. The standard InChI is InChI=1S/C18H19Cl2NO2/c19-16-6-3-7-17(20)18(16)23-12-15(22)11-21-9-8-13-4-1-2-5-14(13)10-21/h1-7,15,22H,8-12H2/t15-/m0/s1. The first-order valence-electron chi connectivity index (χ1n) is 7.67. The molecule has 1 N–H and O–H groups in total. The van der Waals surface area contributed by atoms with Gasteiger partial charge in [0, 0.05) is 19.6 Å². The van der Waals surface area contributed by atoms with Gasteiger partial charge >= 0.3 is 0 Å². The van der Waals surface area contributed by atoms with Crippen molar-refractivity contribution in [3.63, 3.8) is 0 Å². The van der Waals surface area contributed by atoms with E-state index in [0.29, 0.717) is 22.3 Å². The summed E-state index contributed by atoms with van der Waals surface area (Å²) in [7, 11) is 0. The molecular weight excluding hydrogens is 333 g/mol. The zero-order valence-corrected chi connectivity index (χ0v) is 14.2. The number of benzene rings is 2. The number of aliphatic hydroxyl groups excluding tert-OH is 1. The third-order valence-corrected chi connectivity index (χ3v) is 4.61. The molecule has 0 radical (unpaired) electrons. The lowest BCUT2D eigenvalue weighted by molar-refractivity contribution is 0.0638. The quantitative estimate of drug-likeness (QED) is 0.889. The summed E-state index contributed by atoms with van der Waals surface area (Å²) in [4.78, 5) is 2.24. The summed E-state index contributed by atoms with van der Waals surface area (Å²) < 4.78 is 5.60. The van der Waals surface area contributed by atoms with Crippen molar-refractivity contribution in [2.24, 2.45) is 0 Å². The lowest BCUT2D eigenvalue weighted by Crippen LogP contribution is -2.38. The zero-order chi connectivity index (χ0) is 16.2. The van der Waals surface area contributed by atoms with Gasteiger partial charge in [-0.05, 0) is 29.7 Å². The average molecular weight is 352 g/mol. The van der Waals surface area contributed by atoms with Gasteiger partial charge in [-0.1, -0.05) is 53.5 Å². The highest BCUT2D eigenvalue weighted by molar-refractivity contribution is 6.37. The molecule has 23 heavy (non-hydrogen) atoms. The molecule has 0 amide bonds. The lowest BCUT2D eigenvalue weighted by Gasteiger charge is -2.30. The first kappa shape index (κ1) is 16.6. The van der Waals surface area contributed by atoms with E-state index in [0.717, 1.165) is 19.5 Å². The van der Waals surface area contributed by atoms with Gasteiger partial charge in [-0.2, -0.15) is 0 Å². The van der Waals surface area contributed by atoms with Crippen molar-refractivity contribution in [1.29, 1.82) is 0 Å². The van der Waals surface area contributed by atoms with Crippen LogP contribution in [0.2, 0.25) is 10.0 Å². The predicted octanol–water partition coefficient (Wildman–Crippen LogP) is 3.79. The number of hydrogen-bond acceptors (Lipinski definition) is 3. The summed E-state index contributed by atoms with van der Waals surface area (Å²) in [5.74, 6) is 0.430. The topological polar surface area (TPSA) is 32.7 Å². The van der Waals surface area contributed by atoms with Gasteiger partial charge in [-0.15, -0.1) is 0 Å². The highest BCUT2D eigenvalue weighted by Gasteiger charge is 2.19. The molecule has 1 atom stereocenters. The van der Waals surface area contributed by atoms with Crippen LogP contribution < -0.4 is 4.74 Å². The Hall–Kier alpha value is -1.26. The number of nitrogens with zero attached hydrogens (tertiary/aromatic N) is 1. The van der Waals surface area contributed by atoms with E-state index in [1.54, 1.807) is 18.2 Å². The van der Waals surface area contributed by atoms with Gasteiger partial charge in [0.15, 0.2) is 5.75 Å². The summed E-state index contributed by atoms with van der Waals surface area (Å²) in [6.45, 7) is 2.54. The first-order chi connectivity index (χ1) is 11.1. The summed E-state index contributed by atoms with van der Waals surface area (Å²) in [5, 5.41) is 11.2. The molecule has 1 heterocycles. The van der Waals surface area contributed by atoms with Crippen molar-refractivity contribution in [3.8, 4) is 5.75 Å². The van der Waals surface area contributed by atoms with Crippen molar-refractivity contribution in [3.05, 3.63) is 63.6 Å². The number of β-amino-alcohol motifs (C(OH)–C–C–N with tert-alkyl or cyclic N) is 1. The molecule has 0 unspecified atom stereocenters. The van der Waals surface area contributed by atoms with Gasteiger partial charge in [0.2, 0.25) is 0 Å². The molecular formula is C18H19Cl2NO2. The number of rotatable bonds is 5. The minimum Gasteiger partial charge on any atom is -0.488 e. The Morgan fingerprint density at radius 3 is 2.48 bits per heavy atom. The van der Waals surface area contributed by atoms with Gasteiger partial charge in [0.25, 0.3) is 0 Å². The molecule has 2 aromatic rings. The molecule has 0 saturated carbocycles. The van der Waals surface area contributed by atoms with E-state index in [1.165, 1.54) is 11.1 Å². The first-order valence-corrected chi connectivity index (χ1v) is 8.43. The number of hydrogen-bond donors (Lipinski definition) is 1. The summed E-state index contributed by atoms with van der Waals surface area (Å²) in [6.07, 6.45) is 0.424. The molecule has 5 heteroatoms. The van der Waals surface area contributed by atoms with Crippen LogP contribution in [0, 0.1) is 0 Å². The highest BCUT2D eigenvalue weighted by Crippen LogP contribution is 2.32. The summed E-state index contributed by atoms with van der Waals surface area (Å²) in [6, 6.07) is 13.7. The maximum atomic E-state index is 10.2. The van der Waals surface area contributed by atoms with Crippen LogP contribution >= 0.6 is 23.2 Å². The van der Waals surface area contributed by atoms with E-state index in [-0.39, 0.29) is 6.61 Å². The van der Waals surface area contributed by atoms with Crippen LogP contribution in [0.1, 0.15) is 11.1 Å². The van der Waals surface area contributed by atoms with Crippen LogP contribution in [0.5, 0.6) is 5.75 Å². The number of aliphatic hydroxyl groups is 1. The summed E-state index contributed by atoms with van der Waals surface area (Å²) in [5.41, 5.74) is 2.73. The van der Waals surface area contributed by atoms with Crippen molar-refractivity contribution < 1.29 is 9.84 Å². The van der Waals surface area contributed by atoms with Crippen molar-refractivity contribution >= 4 is 23.2 Å². The molecule has 0 saturated heterocycles. The molecule has 1 aliphatic rings. The molecule has 0 fully saturated rings. The van der Waals surface area contributed by atoms with Gasteiger partial charge in [0.05, 0.1) is 10.0 Å². The molecule has 0 spiro atoms. The molecule has 1 aliphatic heterocycles. The maximum Gasteiger partial charge on any atom is 0.156 e. The molecule has 3 nitrogen and oxygen atoms in total. The Bertz CT molecular complexity index is 658. The SMILES string of the molecule is O[C@H](COc1c(Cl)cccc1Cl)CN1CCc2ccccc2C1. The second kappa shape index (κ2) is 7.54. The van der Waals surface area contributed by atoms with Gasteiger partial charge in [-0.25, -0.2) is 0 Å². The number of fused-ring (bicyclic) bond motifs is 1. The van der Waals surface area contributed by atoms with Crippen LogP contribution in [-0.2, 0) is 13.0 Å². The third kappa shape index (κ3) is 4.18. The fraction of sp³-hybridized carbons (Fsp3) is 0.333. The predicted molar refractivity (Wildman–Crippen MR) is 93.4 cm³/mol. The van der Waals surface area contributed by atoms with Crippen molar-refractivity contribution in [2.45, 2.75) is 19.1 Å². The van der Waals surface area contributed by atoms with Crippen LogP contribution in [0.25, 0.3) is 0 Å². The lowest BCUT2D eigenvalue weighted by atomic mass is 10.00. The van der Waals surface area contributed by atoms with E-state index in [4.69, 9.17) is 27.9 Å². The van der Waals surface area contributed by atoms with Crippen LogP contribution in [-0.4, -0.2) is 35.8 Å². The molecule has 0 bridgehead atoms. The van der Waals surface area contributed by atoms with E-state index in [9.17, 15) is 5.11 Å². The Balaban J connectivity index is 1.53. The van der Waals surface area contributed by atoms with Gasteiger partial charge in [0.1, 0.15) is 12.7 Å². The van der Waals surface area contributed by atoms with Gasteiger partial charge < -0.3 is 9.84 Å². The normalized spacial score (nSPS) is 16.0.